The van der Waals surface area contributed by atoms with Crippen molar-refractivity contribution in [3.8, 4) is 10.4 Å². The number of nitrogens with zero attached hydrogens (tertiary/aromatic N) is 5. The first kappa shape index (κ1) is 66.9. The van der Waals surface area contributed by atoms with E-state index in [4.69, 9.17) is 0 Å². The lowest BCUT2D eigenvalue weighted by Gasteiger charge is -2.45. The Kier molecular flexibility index (Phi) is 20.8. The number of fused-ring (bicyclic) bond motifs is 1. The first-order valence-corrected chi connectivity index (χ1v) is 32.7. The van der Waals surface area contributed by atoms with Crippen molar-refractivity contribution >= 4 is 87.6 Å². The fourth-order valence-corrected chi connectivity index (χ4v) is 13.7. The summed E-state index contributed by atoms with van der Waals surface area (Å²) < 4.78 is 41.3. The van der Waals surface area contributed by atoms with Gasteiger partial charge in [0.15, 0.2) is 0 Å². The third kappa shape index (κ3) is 15.7. The van der Waals surface area contributed by atoms with E-state index in [0.717, 1.165) is 57.2 Å². The topological polar surface area (TPSA) is 288 Å². The van der Waals surface area contributed by atoms with Crippen molar-refractivity contribution in [3.05, 3.63) is 112 Å². The van der Waals surface area contributed by atoms with E-state index in [9.17, 15) is 66.6 Å². The van der Waals surface area contributed by atoms with Gasteiger partial charge in [-0.15, -0.1) is 22.7 Å². The van der Waals surface area contributed by atoms with Gasteiger partial charge in [-0.3, -0.25) is 42.9 Å². The molecule has 8 amide bonds. The fraction of sp³-hybridized carbons (Fsp3) is 0.500. The Morgan fingerprint density at radius 1 is 0.773 bits per heavy atom. The molecule has 0 spiro atoms. The van der Waals surface area contributed by atoms with E-state index in [2.05, 4.69) is 26.3 Å². The number of likely N-dealkylation sites (tertiary alicyclic amines) is 2. The lowest BCUT2D eigenvalue weighted by Crippen LogP contribution is -2.66. The molecular formula is C62H78F2N9O12PS2. The van der Waals surface area contributed by atoms with Crippen molar-refractivity contribution in [2.24, 2.45) is 10.8 Å². The number of β-amino-alcohol motifs (C(OH)–C–C–N with tert-alkyl or cyclic N) is 1. The second-order valence-electron chi connectivity index (χ2n) is 25.2. The first-order valence-electron chi connectivity index (χ1n) is 29.4. The number of benzene rings is 3. The average molecular weight is 1270 g/mol. The van der Waals surface area contributed by atoms with Gasteiger partial charge in [0, 0.05) is 68.3 Å². The largest absolute Gasteiger partial charge is 0.399 e. The number of carbonyl (C=O) groups is 8. The molecule has 7 atom stereocenters. The number of aromatic nitrogens is 1. The van der Waals surface area contributed by atoms with Crippen LogP contribution < -0.4 is 21.3 Å². The van der Waals surface area contributed by atoms with Gasteiger partial charge in [0.25, 0.3) is 5.91 Å². The molecule has 3 aromatic carbocycles. The number of aryl methyl sites for hydroxylation is 1. The van der Waals surface area contributed by atoms with Gasteiger partial charge in [-0.05, 0) is 84.2 Å². The molecule has 3 unspecified atom stereocenters. The fourth-order valence-electron chi connectivity index (χ4n) is 11.4. The predicted octanol–water partition coefficient (Wildman–Crippen LogP) is 6.81. The highest BCUT2D eigenvalue weighted by Gasteiger charge is 2.51. The molecule has 88 heavy (non-hydrogen) atoms. The van der Waals surface area contributed by atoms with Crippen molar-refractivity contribution < 1.29 is 66.6 Å². The monoisotopic (exact) mass is 1270 g/mol. The summed E-state index contributed by atoms with van der Waals surface area (Å²) in [6.45, 7) is 14.3. The number of amides is 8. The van der Waals surface area contributed by atoms with Crippen LogP contribution in [0.5, 0.6) is 0 Å². The number of thiophene rings is 1. The zero-order chi connectivity index (χ0) is 64.2. The third-order valence-electron chi connectivity index (χ3n) is 16.4. The summed E-state index contributed by atoms with van der Waals surface area (Å²) in [4.78, 5) is 143. The van der Waals surface area contributed by atoms with E-state index in [1.165, 1.54) is 38.2 Å². The summed E-state index contributed by atoms with van der Waals surface area (Å²) in [6.07, 6.45) is -0.107. The van der Waals surface area contributed by atoms with Crippen molar-refractivity contribution in [1.82, 2.24) is 45.9 Å². The van der Waals surface area contributed by atoms with E-state index in [1.54, 1.807) is 52.0 Å². The van der Waals surface area contributed by atoms with Crippen molar-refractivity contribution in [3.63, 3.8) is 0 Å². The molecule has 3 aliphatic rings. The quantitative estimate of drug-likeness (QED) is 0.0255. The van der Waals surface area contributed by atoms with Crippen LogP contribution in [0.4, 0.5) is 8.78 Å². The van der Waals surface area contributed by atoms with Crippen LogP contribution in [-0.4, -0.2) is 163 Å². The minimum atomic E-state index is -5.88. The van der Waals surface area contributed by atoms with Gasteiger partial charge >= 0.3 is 13.3 Å². The first-order chi connectivity index (χ1) is 41.3. The molecule has 3 saturated heterocycles. The van der Waals surface area contributed by atoms with Crippen LogP contribution in [0.2, 0.25) is 0 Å². The van der Waals surface area contributed by atoms with E-state index in [1.807, 2.05) is 68.4 Å². The number of piperidine rings is 1. The van der Waals surface area contributed by atoms with Crippen molar-refractivity contribution in [1.29, 1.82) is 0 Å². The van der Waals surface area contributed by atoms with E-state index >= 15 is 0 Å². The standard InChI is InChI=1S/C62H78F2N9O12PS2/c1-36(38-18-20-40(21-19-38)52-37(2)66-35-87-52)67-55(78)45-30-44(74)33-73(45)59(82)53(60(3,4)5)68-49(75)17-12-24-65-50(76)31-51(77)70-26-27-72(46(34-70)57(80)71-25-13-16-41(32-71)39-14-10-9-11-15-39)58(81)54(61(6,7)8)69-56(79)48-29-42-28-43(22-23-47(42)88-48)62(63,64)86(83,84)85/h9-11,14-15,18-23,28-29,35-36,41,44-46,53-54,74H,12-13,16-17,24-27,30-34H2,1-8H3,(H,65,76)(H,67,78)(H,68,75)(H,69,79)(H2,83,84,85)/t36?,41-,44+,45-,46-,53?,54?/m0/s1. The highest BCUT2D eigenvalue weighted by atomic mass is 32.1. The third-order valence-corrected chi connectivity index (χ3v) is 19.5. The zero-order valence-electron chi connectivity index (χ0n) is 50.6. The highest BCUT2D eigenvalue weighted by Crippen LogP contribution is 2.59. The van der Waals surface area contributed by atoms with Crippen LogP contribution in [0.15, 0.2) is 84.4 Å². The van der Waals surface area contributed by atoms with Gasteiger partial charge in [0.2, 0.25) is 41.4 Å². The van der Waals surface area contributed by atoms with E-state index < -0.39 is 120 Å². The molecule has 7 N–H and O–H groups in total. The van der Waals surface area contributed by atoms with E-state index in [-0.39, 0.29) is 68.2 Å². The van der Waals surface area contributed by atoms with Crippen LogP contribution in [0.3, 0.4) is 0 Å². The maximum absolute atomic E-state index is 15.0. The van der Waals surface area contributed by atoms with Crippen LogP contribution in [0.1, 0.15) is 131 Å². The van der Waals surface area contributed by atoms with Gasteiger partial charge in [-0.1, -0.05) is 102 Å². The molecule has 0 bridgehead atoms. The molecule has 0 aliphatic carbocycles. The number of hydrogen-bond donors (Lipinski definition) is 7. The van der Waals surface area contributed by atoms with Gasteiger partial charge in [-0.25, -0.2) is 4.98 Å². The Morgan fingerprint density at radius 2 is 1.44 bits per heavy atom. The Bertz CT molecular complexity index is 3460. The molecule has 8 rings (SSSR count). The Hall–Kier alpha value is -7.02. The number of thiazole rings is 1. The molecule has 5 aromatic rings. The second kappa shape index (κ2) is 27.4. The molecule has 5 heterocycles. The van der Waals surface area contributed by atoms with Gasteiger partial charge in [-0.2, -0.15) is 8.78 Å². The number of hydrogen-bond acceptors (Lipinski definition) is 13. The molecule has 474 valence electrons. The lowest BCUT2D eigenvalue weighted by atomic mass is 9.85. The summed E-state index contributed by atoms with van der Waals surface area (Å²) in [5.74, 6) is -4.56. The summed E-state index contributed by atoms with van der Waals surface area (Å²) in [5.41, 5.74) is -1.64. The van der Waals surface area contributed by atoms with Gasteiger partial charge in [0.1, 0.15) is 30.6 Å². The highest BCUT2D eigenvalue weighted by molar-refractivity contribution is 7.52. The molecule has 3 fully saturated rings. The SMILES string of the molecule is Cc1ncsc1-c1ccc(C(C)NC(=O)[C@@H]2C[C@@H](O)CN2C(=O)C(NC(=O)CCCNC(=O)CC(=O)N2CCN(C(=O)C(NC(=O)c3cc4cc(C(F)(F)P(=O)(O)O)ccc4s3)C(C)(C)C)[C@H](C(=O)N3CCC[C@H](c4ccccc4)C3)C2)C(C)(C)C)cc1. The average Bonchev–Trinajstić information content (AvgIpc) is 2.40. The molecule has 0 saturated carbocycles. The van der Waals surface area contributed by atoms with Crippen LogP contribution >= 0.6 is 30.3 Å². The smallest absolute Gasteiger partial charge is 0.391 e. The van der Waals surface area contributed by atoms with Crippen LogP contribution in [-0.2, 0) is 43.8 Å². The number of alkyl halides is 2. The van der Waals surface area contributed by atoms with Crippen molar-refractivity contribution in [2.75, 3.05) is 45.8 Å². The molecule has 2 aromatic heterocycles. The van der Waals surface area contributed by atoms with Gasteiger partial charge in [0.05, 0.1) is 39.6 Å². The molecular weight excluding hydrogens is 1200 g/mol. The maximum Gasteiger partial charge on any atom is 0.399 e. The zero-order valence-corrected chi connectivity index (χ0v) is 53.1. The number of aliphatic hydroxyl groups is 1. The number of halogens is 2. The summed E-state index contributed by atoms with van der Waals surface area (Å²) in [6, 6.07) is 16.7. The number of nitrogens with one attached hydrogen (secondary N) is 4. The summed E-state index contributed by atoms with van der Waals surface area (Å²) >= 11 is 2.45. The molecule has 21 nitrogen and oxygen atoms in total. The Labute approximate surface area is 518 Å². The summed E-state index contributed by atoms with van der Waals surface area (Å²) in [5, 5.41) is 22.2. The lowest BCUT2D eigenvalue weighted by molar-refractivity contribution is -0.155. The molecule has 26 heteroatoms. The number of piperazine rings is 1. The van der Waals surface area contributed by atoms with Crippen LogP contribution in [0.25, 0.3) is 20.5 Å². The molecule has 3 aliphatic heterocycles. The minimum absolute atomic E-state index is 0.00838. The maximum atomic E-state index is 15.0. The van der Waals surface area contributed by atoms with Crippen LogP contribution in [0, 0.1) is 17.8 Å². The molecule has 0 radical (unpaired) electrons. The van der Waals surface area contributed by atoms with E-state index in [0.29, 0.717) is 24.2 Å². The van der Waals surface area contributed by atoms with Gasteiger partial charge < -0.3 is 55.8 Å². The Morgan fingerprint density at radius 3 is 2.09 bits per heavy atom. The Balaban J connectivity index is 0.878. The number of rotatable bonds is 19. The second-order valence-corrected chi connectivity index (χ2v) is 28.7. The number of aliphatic hydroxyl groups excluding tert-OH is 1. The minimum Gasteiger partial charge on any atom is -0.391 e. The number of carbonyl (C=O) groups excluding carboxylic acids is 8. The normalized spacial score (nSPS) is 19.6. The van der Waals surface area contributed by atoms with Crippen molar-refractivity contribution in [2.45, 2.75) is 142 Å². The predicted molar refractivity (Wildman–Crippen MR) is 329 cm³/mol. The summed E-state index contributed by atoms with van der Waals surface area (Å²) in [7, 11) is -5.88.